The van der Waals surface area contributed by atoms with Crippen molar-refractivity contribution in [1.29, 1.82) is 0 Å². The average molecular weight is 299 g/mol. The van der Waals surface area contributed by atoms with E-state index in [-0.39, 0.29) is 0 Å². The Labute approximate surface area is 113 Å². The van der Waals surface area contributed by atoms with Gasteiger partial charge in [0, 0.05) is 16.7 Å². The number of rotatable bonds is 5. The lowest BCUT2D eigenvalue weighted by atomic mass is 9.88. The van der Waals surface area contributed by atoms with Crippen LogP contribution >= 0.6 is 15.9 Å². The highest BCUT2D eigenvalue weighted by Crippen LogP contribution is 2.26. The summed E-state index contributed by atoms with van der Waals surface area (Å²) in [6.45, 7) is 9.97. The summed E-state index contributed by atoms with van der Waals surface area (Å²) in [4.78, 5) is 4.49. The Balaban J connectivity index is 2.68. The first-order chi connectivity index (χ1) is 7.92. The second kappa shape index (κ2) is 6.50. The van der Waals surface area contributed by atoms with E-state index in [4.69, 9.17) is 0 Å². The summed E-state index contributed by atoms with van der Waals surface area (Å²) in [6, 6.07) is 4.52. The molecule has 1 atom stereocenters. The molecule has 0 radical (unpaired) electrons. The van der Waals surface area contributed by atoms with Crippen molar-refractivity contribution in [2.45, 2.75) is 46.6 Å². The minimum absolute atomic E-state index is 0.368. The Morgan fingerprint density at radius 3 is 2.53 bits per heavy atom. The van der Waals surface area contributed by atoms with Gasteiger partial charge in [-0.3, -0.25) is 4.98 Å². The molecule has 0 aliphatic heterocycles. The van der Waals surface area contributed by atoms with E-state index in [1.807, 2.05) is 6.20 Å². The van der Waals surface area contributed by atoms with Gasteiger partial charge >= 0.3 is 0 Å². The molecule has 0 saturated heterocycles. The van der Waals surface area contributed by atoms with Crippen LogP contribution in [0.1, 0.15) is 52.3 Å². The molecule has 96 valence electrons. The molecule has 0 aliphatic carbocycles. The maximum absolute atomic E-state index is 4.49. The summed E-state index contributed by atoms with van der Waals surface area (Å²) in [5.74, 6) is 0. The van der Waals surface area contributed by atoms with Gasteiger partial charge in [0.2, 0.25) is 0 Å². The van der Waals surface area contributed by atoms with E-state index in [1.165, 1.54) is 6.42 Å². The van der Waals surface area contributed by atoms with Gasteiger partial charge in [-0.25, -0.2) is 0 Å². The molecule has 1 unspecified atom stereocenters. The molecule has 17 heavy (non-hydrogen) atoms. The van der Waals surface area contributed by atoms with Crippen molar-refractivity contribution in [3.8, 4) is 0 Å². The molecule has 0 saturated carbocycles. The van der Waals surface area contributed by atoms with Gasteiger partial charge in [-0.1, -0.05) is 27.7 Å². The number of nitrogens with zero attached hydrogens (tertiary/aromatic N) is 1. The molecule has 1 aromatic heterocycles. The minimum Gasteiger partial charge on any atom is -0.309 e. The number of hydrogen-bond donors (Lipinski definition) is 1. The first-order valence-corrected chi connectivity index (χ1v) is 7.06. The molecule has 0 aromatic carbocycles. The zero-order valence-corrected chi connectivity index (χ0v) is 12.8. The second-order valence-corrected chi connectivity index (χ2v) is 6.53. The second-order valence-electron chi connectivity index (χ2n) is 5.61. The zero-order valence-electron chi connectivity index (χ0n) is 11.3. The Morgan fingerprint density at radius 2 is 2.06 bits per heavy atom. The van der Waals surface area contributed by atoms with Crippen molar-refractivity contribution in [3.63, 3.8) is 0 Å². The Bertz CT molecular complexity index is 327. The lowest BCUT2D eigenvalue weighted by Gasteiger charge is -2.23. The van der Waals surface area contributed by atoms with E-state index in [0.29, 0.717) is 11.5 Å². The molecule has 0 aliphatic rings. The molecule has 0 amide bonds. The van der Waals surface area contributed by atoms with Crippen molar-refractivity contribution in [2.24, 2.45) is 5.41 Å². The van der Waals surface area contributed by atoms with Crippen LogP contribution in [0.15, 0.2) is 22.8 Å². The van der Waals surface area contributed by atoms with Crippen LogP contribution in [-0.4, -0.2) is 11.5 Å². The summed E-state index contributed by atoms with van der Waals surface area (Å²) in [5.41, 5.74) is 1.52. The van der Waals surface area contributed by atoms with Crippen molar-refractivity contribution < 1.29 is 0 Å². The Kier molecular flexibility index (Phi) is 5.60. The van der Waals surface area contributed by atoms with Gasteiger partial charge < -0.3 is 5.32 Å². The van der Waals surface area contributed by atoms with Crippen molar-refractivity contribution >= 4 is 15.9 Å². The molecule has 1 N–H and O–H groups in total. The van der Waals surface area contributed by atoms with Gasteiger partial charge in [0.15, 0.2) is 0 Å². The van der Waals surface area contributed by atoms with Crippen molar-refractivity contribution in [1.82, 2.24) is 10.3 Å². The molecule has 3 heteroatoms. The molecule has 1 rings (SSSR count). The highest BCUT2D eigenvalue weighted by Gasteiger charge is 2.16. The van der Waals surface area contributed by atoms with Crippen LogP contribution in [0.2, 0.25) is 0 Å². The van der Waals surface area contributed by atoms with Crippen LogP contribution in [0.4, 0.5) is 0 Å². The summed E-state index contributed by atoms with van der Waals surface area (Å²) >= 11 is 3.42. The van der Waals surface area contributed by atoms with E-state index < -0.39 is 0 Å². The van der Waals surface area contributed by atoms with Gasteiger partial charge in [0.25, 0.3) is 0 Å². The molecule has 1 heterocycles. The fourth-order valence-corrected chi connectivity index (χ4v) is 2.01. The van der Waals surface area contributed by atoms with E-state index in [0.717, 1.165) is 23.1 Å². The smallest absolute Gasteiger partial charge is 0.0574 e. The van der Waals surface area contributed by atoms with Crippen LogP contribution in [0.3, 0.4) is 0 Å². The van der Waals surface area contributed by atoms with Crippen LogP contribution < -0.4 is 5.32 Å². The Morgan fingerprint density at radius 1 is 1.35 bits per heavy atom. The average Bonchev–Trinajstić information content (AvgIpc) is 2.24. The normalized spacial score (nSPS) is 13.7. The molecular weight excluding hydrogens is 276 g/mol. The minimum atomic E-state index is 0.368. The van der Waals surface area contributed by atoms with E-state index in [2.05, 4.69) is 66.1 Å². The molecule has 1 aromatic rings. The number of hydrogen-bond acceptors (Lipinski definition) is 2. The van der Waals surface area contributed by atoms with Gasteiger partial charge in [-0.05, 0) is 52.9 Å². The van der Waals surface area contributed by atoms with Crippen LogP contribution in [-0.2, 0) is 0 Å². The standard InChI is InChI=1S/C14H23BrN2/c1-5-16-13(8-9-14(2,3)4)12-7-6-11(15)10-17-12/h6-7,10,13,16H,5,8-9H2,1-4H3. The predicted octanol–water partition coefficient (Wildman–Crippen LogP) is 4.32. The molecule has 2 nitrogen and oxygen atoms in total. The predicted molar refractivity (Wildman–Crippen MR) is 77.0 cm³/mol. The Hall–Kier alpha value is -0.410. The van der Waals surface area contributed by atoms with Gasteiger partial charge in [-0.15, -0.1) is 0 Å². The van der Waals surface area contributed by atoms with Gasteiger partial charge in [-0.2, -0.15) is 0 Å². The quantitative estimate of drug-likeness (QED) is 0.875. The number of nitrogens with one attached hydrogen (secondary N) is 1. The monoisotopic (exact) mass is 298 g/mol. The van der Waals surface area contributed by atoms with Gasteiger partial charge in [0.1, 0.15) is 0 Å². The lowest BCUT2D eigenvalue weighted by molar-refractivity contribution is 0.331. The number of halogens is 1. The van der Waals surface area contributed by atoms with Crippen LogP contribution in [0, 0.1) is 5.41 Å². The number of pyridine rings is 1. The largest absolute Gasteiger partial charge is 0.309 e. The first kappa shape index (κ1) is 14.7. The fraction of sp³-hybridized carbons (Fsp3) is 0.643. The van der Waals surface area contributed by atoms with Crippen molar-refractivity contribution in [2.75, 3.05) is 6.54 Å². The zero-order chi connectivity index (χ0) is 12.9. The first-order valence-electron chi connectivity index (χ1n) is 6.27. The fourth-order valence-electron chi connectivity index (χ4n) is 1.77. The molecule has 0 fully saturated rings. The third-order valence-corrected chi connectivity index (χ3v) is 3.21. The molecule has 0 spiro atoms. The summed E-state index contributed by atoms with van der Waals surface area (Å²) < 4.78 is 1.03. The highest BCUT2D eigenvalue weighted by molar-refractivity contribution is 9.10. The van der Waals surface area contributed by atoms with E-state index in [1.54, 1.807) is 0 Å². The lowest BCUT2D eigenvalue weighted by Crippen LogP contribution is -2.23. The van der Waals surface area contributed by atoms with Crippen LogP contribution in [0.25, 0.3) is 0 Å². The topological polar surface area (TPSA) is 24.9 Å². The van der Waals surface area contributed by atoms with Crippen molar-refractivity contribution in [3.05, 3.63) is 28.5 Å². The van der Waals surface area contributed by atoms with Gasteiger partial charge in [0.05, 0.1) is 5.69 Å². The summed E-state index contributed by atoms with van der Waals surface area (Å²) in [6.07, 6.45) is 4.20. The number of aromatic nitrogens is 1. The molecular formula is C14H23BrN2. The SMILES string of the molecule is CCNC(CCC(C)(C)C)c1ccc(Br)cn1. The molecule has 0 bridgehead atoms. The third-order valence-electron chi connectivity index (χ3n) is 2.74. The third kappa shape index (κ3) is 5.64. The van der Waals surface area contributed by atoms with E-state index >= 15 is 0 Å². The summed E-state index contributed by atoms with van der Waals surface area (Å²) in [5, 5.41) is 3.51. The van der Waals surface area contributed by atoms with E-state index in [9.17, 15) is 0 Å². The van der Waals surface area contributed by atoms with Crippen LogP contribution in [0.5, 0.6) is 0 Å². The summed E-state index contributed by atoms with van der Waals surface area (Å²) in [7, 11) is 0. The maximum atomic E-state index is 4.49. The maximum Gasteiger partial charge on any atom is 0.0574 e. The highest BCUT2D eigenvalue weighted by atomic mass is 79.9.